The molecule has 0 bridgehead atoms. The molecule has 3 fully saturated rings. The van der Waals surface area contributed by atoms with E-state index in [-0.39, 0.29) is 30.8 Å². The maximum absolute atomic E-state index is 10.9. The molecule has 3 aliphatic heterocycles. The predicted octanol–water partition coefficient (Wildman–Crippen LogP) is 0.820. The number of hydrogen-bond acceptors (Lipinski definition) is 7. The molecule has 26 heavy (non-hydrogen) atoms. The Balaban J connectivity index is 1.55. The van der Waals surface area contributed by atoms with Crippen LogP contribution in [0.25, 0.3) is 0 Å². The molecular formula is C18H30O8. The van der Waals surface area contributed by atoms with Crippen molar-refractivity contribution in [2.75, 3.05) is 6.61 Å². The van der Waals surface area contributed by atoms with Gasteiger partial charge in [0.05, 0.1) is 49.7 Å². The number of rotatable bonds is 5. The van der Waals surface area contributed by atoms with E-state index in [1.54, 1.807) is 0 Å². The smallest absolute Gasteiger partial charge is 0.305 e. The average molecular weight is 374 g/mol. The quantitative estimate of drug-likeness (QED) is 0.648. The van der Waals surface area contributed by atoms with Crippen LogP contribution < -0.4 is 0 Å². The minimum atomic E-state index is -0.937. The van der Waals surface area contributed by atoms with E-state index in [0.717, 1.165) is 0 Å². The molecule has 0 aliphatic carbocycles. The molecule has 0 aromatic rings. The second kappa shape index (κ2) is 8.08. The fourth-order valence-electron chi connectivity index (χ4n) is 4.17. The molecule has 3 N–H and O–H groups in total. The molecule has 0 saturated carbocycles. The summed E-state index contributed by atoms with van der Waals surface area (Å²) < 4.78 is 23.4. The normalized spacial score (nSPS) is 43.3. The van der Waals surface area contributed by atoms with Crippen molar-refractivity contribution < 1.29 is 39.1 Å². The van der Waals surface area contributed by atoms with E-state index in [4.69, 9.17) is 24.1 Å². The SMILES string of the molecule is CC1(C)OC[C@@H]([C@H]2C[C@@H](O)C[C@@H](C[C@H]3C[C@@H](O)C[C@H](CC(=O)O)O3)O2)O1. The van der Waals surface area contributed by atoms with Crippen LogP contribution in [0.2, 0.25) is 0 Å². The zero-order valence-electron chi connectivity index (χ0n) is 15.4. The van der Waals surface area contributed by atoms with Gasteiger partial charge in [0.25, 0.3) is 0 Å². The van der Waals surface area contributed by atoms with Crippen LogP contribution in [0.15, 0.2) is 0 Å². The summed E-state index contributed by atoms with van der Waals surface area (Å²) in [6.45, 7) is 4.13. The molecule has 0 aromatic carbocycles. The number of carboxylic acids is 1. The van der Waals surface area contributed by atoms with Gasteiger partial charge in [0.1, 0.15) is 6.10 Å². The molecule has 3 rings (SSSR count). The van der Waals surface area contributed by atoms with Crippen LogP contribution in [-0.4, -0.2) is 76.4 Å². The zero-order chi connectivity index (χ0) is 18.9. The van der Waals surface area contributed by atoms with Gasteiger partial charge in [-0.25, -0.2) is 0 Å². The lowest BCUT2D eigenvalue weighted by Crippen LogP contribution is -2.46. The summed E-state index contributed by atoms with van der Waals surface area (Å²) in [6.07, 6.45) is -0.369. The van der Waals surface area contributed by atoms with Gasteiger partial charge in [0.15, 0.2) is 5.79 Å². The van der Waals surface area contributed by atoms with Crippen LogP contribution in [0.1, 0.15) is 52.4 Å². The second-order valence-electron chi connectivity index (χ2n) is 8.13. The van der Waals surface area contributed by atoms with Gasteiger partial charge >= 0.3 is 5.97 Å². The van der Waals surface area contributed by atoms with Crippen molar-refractivity contribution in [2.45, 2.75) is 101 Å². The molecule has 3 saturated heterocycles. The Morgan fingerprint density at radius 3 is 2.19 bits per heavy atom. The van der Waals surface area contributed by atoms with Crippen molar-refractivity contribution in [2.24, 2.45) is 0 Å². The highest BCUT2D eigenvalue weighted by atomic mass is 16.7. The molecule has 150 valence electrons. The first-order valence-electron chi connectivity index (χ1n) is 9.41. The largest absolute Gasteiger partial charge is 0.481 e. The Kier molecular flexibility index (Phi) is 6.21. The summed E-state index contributed by atoms with van der Waals surface area (Å²) in [5.74, 6) is -1.58. The van der Waals surface area contributed by atoms with E-state index in [0.29, 0.717) is 38.7 Å². The third-order valence-electron chi connectivity index (χ3n) is 5.23. The van der Waals surface area contributed by atoms with Crippen LogP contribution in [0.3, 0.4) is 0 Å². The number of ether oxygens (including phenoxy) is 4. The minimum Gasteiger partial charge on any atom is -0.481 e. The molecule has 0 aromatic heterocycles. The Morgan fingerprint density at radius 2 is 1.58 bits per heavy atom. The highest BCUT2D eigenvalue weighted by molar-refractivity contribution is 5.67. The summed E-state index contributed by atoms with van der Waals surface area (Å²) >= 11 is 0. The molecule has 8 nitrogen and oxygen atoms in total. The number of aliphatic carboxylic acids is 1. The van der Waals surface area contributed by atoms with Crippen molar-refractivity contribution >= 4 is 5.97 Å². The first-order chi connectivity index (χ1) is 12.2. The lowest BCUT2D eigenvalue weighted by atomic mass is 9.91. The van der Waals surface area contributed by atoms with Gasteiger partial charge in [-0.1, -0.05) is 0 Å². The van der Waals surface area contributed by atoms with Crippen molar-refractivity contribution in [3.63, 3.8) is 0 Å². The Bertz CT molecular complexity index is 496. The lowest BCUT2D eigenvalue weighted by molar-refractivity contribution is -0.190. The molecule has 0 spiro atoms. The summed E-state index contributed by atoms with van der Waals surface area (Å²) in [5.41, 5.74) is 0. The standard InChI is InChI=1S/C18H30O8/c1-18(2)23-9-16(26-18)15-6-11(20)5-13(25-15)7-12-3-10(19)4-14(24-12)8-17(21)22/h10-16,19-20H,3-9H2,1-2H3,(H,21,22)/t10-,11+,12-,13+,14-,15-,16+/m1/s1. The van der Waals surface area contributed by atoms with Crippen LogP contribution in [0.4, 0.5) is 0 Å². The Hall–Kier alpha value is -0.770. The van der Waals surface area contributed by atoms with Gasteiger partial charge < -0.3 is 34.3 Å². The highest BCUT2D eigenvalue weighted by Gasteiger charge is 2.42. The average Bonchev–Trinajstić information content (AvgIpc) is 2.85. The molecule has 3 aliphatic rings. The van der Waals surface area contributed by atoms with Crippen molar-refractivity contribution in [1.29, 1.82) is 0 Å². The van der Waals surface area contributed by atoms with E-state index >= 15 is 0 Å². The maximum atomic E-state index is 10.9. The van der Waals surface area contributed by atoms with Gasteiger partial charge in [0.2, 0.25) is 0 Å². The second-order valence-corrected chi connectivity index (χ2v) is 8.13. The van der Waals surface area contributed by atoms with Gasteiger partial charge in [0, 0.05) is 12.8 Å². The third-order valence-corrected chi connectivity index (χ3v) is 5.23. The molecular weight excluding hydrogens is 344 g/mol. The van der Waals surface area contributed by atoms with E-state index in [9.17, 15) is 15.0 Å². The van der Waals surface area contributed by atoms with Crippen molar-refractivity contribution in [3.8, 4) is 0 Å². The molecule has 7 atom stereocenters. The Labute approximate surface area is 153 Å². The van der Waals surface area contributed by atoms with E-state index in [2.05, 4.69) is 0 Å². The monoisotopic (exact) mass is 374 g/mol. The summed E-state index contributed by atoms with van der Waals surface area (Å²) in [7, 11) is 0. The van der Waals surface area contributed by atoms with Crippen molar-refractivity contribution in [3.05, 3.63) is 0 Å². The van der Waals surface area contributed by atoms with Crippen LogP contribution in [0.5, 0.6) is 0 Å². The van der Waals surface area contributed by atoms with Gasteiger partial charge in [-0.2, -0.15) is 0 Å². The number of carbonyl (C=O) groups is 1. The predicted molar refractivity (Wildman–Crippen MR) is 89.6 cm³/mol. The first kappa shape index (κ1) is 20.0. The molecule has 3 heterocycles. The van der Waals surface area contributed by atoms with Crippen molar-refractivity contribution in [1.82, 2.24) is 0 Å². The first-order valence-corrected chi connectivity index (χ1v) is 9.41. The fraction of sp³-hybridized carbons (Fsp3) is 0.944. The fourth-order valence-corrected chi connectivity index (χ4v) is 4.17. The maximum Gasteiger partial charge on any atom is 0.305 e. The van der Waals surface area contributed by atoms with E-state index < -0.39 is 30.1 Å². The van der Waals surface area contributed by atoms with Gasteiger partial charge in [-0.3, -0.25) is 4.79 Å². The molecule has 0 unspecified atom stereocenters. The number of carboxylic acid groups (broad SMARTS) is 1. The zero-order valence-corrected chi connectivity index (χ0v) is 15.4. The summed E-state index contributed by atoms with van der Waals surface area (Å²) in [5, 5.41) is 29.2. The van der Waals surface area contributed by atoms with E-state index in [1.165, 1.54) is 0 Å². The summed E-state index contributed by atoms with van der Waals surface area (Å²) in [4.78, 5) is 10.9. The van der Waals surface area contributed by atoms with Gasteiger partial charge in [-0.05, 0) is 33.1 Å². The number of hydrogen-bond donors (Lipinski definition) is 3. The van der Waals surface area contributed by atoms with E-state index in [1.807, 2.05) is 13.8 Å². The minimum absolute atomic E-state index is 0.118. The molecule has 0 radical (unpaired) electrons. The van der Waals surface area contributed by atoms with Crippen LogP contribution in [-0.2, 0) is 23.7 Å². The third kappa shape index (κ3) is 5.37. The Morgan fingerprint density at radius 1 is 0.962 bits per heavy atom. The number of aliphatic hydroxyl groups is 2. The van der Waals surface area contributed by atoms with Gasteiger partial charge in [-0.15, -0.1) is 0 Å². The van der Waals surface area contributed by atoms with Crippen LogP contribution in [0, 0.1) is 0 Å². The molecule has 0 amide bonds. The number of aliphatic hydroxyl groups excluding tert-OH is 2. The highest BCUT2D eigenvalue weighted by Crippen LogP contribution is 2.34. The van der Waals surface area contributed by atoms with Crippen LogP contribution >= 0.6 is 0 Å². The topological polar surface area (TPSA) is 115 Å². The lowest BCUT2D eigenvalue weighted by Gasteiger charge is -2.39. The summed E-state index contributed by atoms with van der Waals surface area (Å²) in [6, 6.07) is 0. The molecule has 8 heteroatoms.